The van der Waals surface area contributed by atoms with Crippen LogP contribution >= 0.6 is 0 Å². The number of hydrogen-bond acceptors (Lipinski definition) is 4. The van der Waals surface area contributed by atoms with Gasteiger partial charge in [-0.2, -0.15) is 0 Å². The summed E-state index contributed by atoms with van der Waals surface area (Å²) >= 11 is 0. The first-order chi connectivity index (χ1) is 11.5. The molecule has 0 saturated heterocycles. The van der Waals surface area contributed by atoms with Gasteiger partial charge in [-0.3, -0.25) is 4.79 Å². The lowest BCUT2D eigenvalue weighted by atomic mass is 10.1. The van der Waals surface area contributed by atoms with Crippen molar-refractivity contribution >= 4 is 22.7 Å². The number of carboxylic acid groups (broad SMARTS) is 1. The zero-order chi connectivity index (χ0) is 17.3. The first-order valence-corrected chi connectivity index (χ1v) is 7.21. The van der Waals surface area contributed by atoms with Gasteiger partial charge < -0.3 is 15.4 Å². The van der Waals surface area contributed by atoms with Crippen molar-refractivity contribution in [2.45, 2.75) is 13.3 Å². The number of carbonyl (C=O) groups is 1. The van der Waals surface area contributed by atoms with Crippen molar-refractivity contribution in [1.29, 1.82) is 0 Å². The van der Waals surface area contributed by atoms with E-state index in [9.17, 15) is 13.6 Å². The van der Waals surface area contributed by atoms with E-state index in [1.54, 1.807) is 19.2 Å². The predicted octanol–water partition coefficient (Wildman–Crippen LogP) is 3.10. The predicted molar refractivity (Wildman–Crippen MR) is 84.7 cm³/mol. The molecule has 0 spiro atoms. The van der Waals surface area contributed by atoms with E-state index >= 15 is 0 Å². The topological polar surface area (TPSA) is 90.9 Å². The summed E-state index contributed by atoms with van der Waals surface area (Å²) in [5, 5.41) is 11.8. The molecule has 0 aliphatic rings. The number of rotatable bonds is 5. The molecule has 24 heavy (non-hydrogen) atoms. The van der Waals surface area contributed by atoms with Crippen LogP contribution in [0.4, 0.5) is 14.6 Å². The summed E-state index contributed by atoms with van der Waals surface area (Å²) in [6, 6.07) is 3.20. The highest BCUT2D eigenvalue weighted by molar-refractivity contribution is 5.94. The highest BCUT2D eigenvalue weighted by atomic mass is 19.1. The second-order valence-corrected chi connectivity index (χ2v) is 5.33. The molecule has 6 nitrogen and oxygen atoms in total. The lowest BCUT2D eigenvalue weighted by molar-refractivity contribution is -0.136. The van der Waals surface area contributed by atoms with Crippen molar-refractivity contribution in [1.82, 2.24) is 15.0 Å². The molecule has 0 unspecified atom stereocenters. The number of aromatic nitrogens is 3. The average molecular weight is 332 g/mol. The number of H-pyrrole nitrogens is 1. The monoisotopic (exact) mass is 332 g/mol. The molecule has 0 atom stereocenters. The van der Waals surface area contributed by atoms with Crippen LogP contribution in [0.25, 0.3) is 22.3 Å². The third-order valence-corrected chi connectivity index (χ3v) is 3.50. The molecular weight excluding hydrogens is 318 g/mol. The fraction of sp³-hybridized carbons (Fsp3) is 0.188. The summed E-state index contributed by atoms with van der Waals surface area (Å²) in [4.78, 5) is 21.4. The minimum absolute atomic E-state index is 0.0321. The van der Waals surface area contributed by atoms with Gasteiger partial charge in [-0.25, -0.2) is 18.7 Å². The van der Waals surface area contributed by atoms with E-state index in [1.165, 1.54) is 6.07 Å². The summed E-state index contributed by atoms with van der Waals surface area (Å²) in [7, 11) is 0. The molecule has 0 fully saturated rings. The van der Waals surface area contributed by atoms with Crippen LogP contribution in [0.5, 0.6) is 0 Å². The van der Waals surface area contributed by atoms with E-state index in [1.807, 2.05) is 0 Å². The van der Waals surface area contributed by atoms with Crippen molar-refractivity contribution in [2.24, 2.45) is 0 Å². The molecular formula is C16H14F2N4O2. The number of aliphatic carboxylic acids is 1. The second kappa shape index (κ2) is 6.23. The molecule has 0 aliphatic heterocycles. The highest BCUT2D eigenvalue weighted by Gasteiger charge is 2.15. The van der Waals surface area contributed by atoms with E-state index in [0.29, 0.717) is 16.5 Å². The summed E-state index contributed by atoms with van der Waals surface area (Å²) < 4.78 is 27.7. The quantitative estimate of drug-likeness (QED) is 0.668. The Morgan fingerprint density at radius 1 is 1.33 bits per heavy atom. The molecule has 0 bridgehead atoms. The normalized spacial score (nSPS) is 11.0. The number of halogens is 2. The number of benzene rings is 1. The smallest absolute Gasteiger partial charge is 0.305 e. The average Bonchev–Trinajstić information content (AvgIpc) is 2.93. The van der Waals surface area contributed by atoms with E-state index < -0.39 is 17.6 Å². The Morgan fingerprint density at radius 2 is 2.12 bits per heavy atom. The molecule has 0 aliphatic carbocycles. The van der Waals surface area contributed by atoms with E-state index in [2.05, 4.69) is 20.3 Å². The molecule has 124 valence electrons. The van der Waals surface area contributed by atoms with Gasteiger partial charge in [0.25, 0.3) is 0 Å². The van der Waals surface area contributed by atoms with Crippen molar-refractivity contribution in [3.8, 4) is 11.4 Å². The zero-order valence-electron chi connectivity index (χ0n) is 12.7. The van der Waals surface area contributed by atoms with Gasteiger partial charge in [-0.1, -0.05) is 0 Å². The number of anilines is 1. The maximum atomic E-state index is 14.0. The van der Waals surface area contributed by atoms with Crippen LogP contribution in [0.2, 0.25) is 0 Å². The van der Waals surface area contributed by atoms with Crippen LogP contribution in [0.15, 0.2) is 24.5 Å². The Balaban J connectivity index is 1.99. The maximum Gasteiger partial charge on any atom is 0.305 e. The lowest BCUT2D eigenvalue weighted by Crippen LogP contribution is -2.10. The number of aryl methyl sites for hydroxylation is 1. The van der Waals surface area contributed by atoms with Gasteiger partial charge in [0.05, 0.1) is 18.1 Å². The Labute approximate surface area is 135 Å². The van der Waals surface area contributed by atoms with Crippen molar-refractivity contribution in [3.63, 3.8) is 0 Å². The van der Waals surface area contributed by atoms with Crippen molar-refractivity contribution < 1.29 is 18.7 Å². The van der Waals surface area contributed by atoms with Crippen LogP contribution in [-0.4, -0.2) is 32.6 Å². The minimum atomic E-state index is -1.00. The third kappa shape index (κ3) is 3.03. The summed E-state index contributed by atoms with van der Waals surface area (Å²) in [6.45, 7) is 1.80. The molecule has 0 saturated carbocycles. The number of nitrogens with one attached hydrogen (secondary N) is 2. The highest BCUT2D eigenvalue weighted by Crippen LogP contribution is 2.29. The minimum Gasteiger partial charge on any atom is -0.481 e. The largest absolute Gasteiger partial charge is 0.481 e. The van der Waals surface area contributed by atoms with E-state index in [0.717, 1.165) is 11.8 Å². The Hall–Kier alpha value is -3.03. The van der Waals surface area contributed by atoms with Crippen LogP contribution in [0.1, 0.15) is 12.0 Å². The molecule has 0 amide bonds. The van der Waals surface area contributed by atoms with Crippen molar-refractivity contribution in [2.75, 3.05) is 11.9 Å². The summed E-state index contributed by atoms with van der Waals surface area (Å²) in [5.74, 6) is -1.96. The van der Waals surface area contributed by atoms with Gasteiger partial charge in [0.15, 0.2) is 17.5 Å². The van der Waals surface area contributed by atoms with Crippen LogP contribution in [0, 0.1) is 18.6 Å². The summed E-state index contributed by atoms with van der Waals surface area (Å²) in [5.41, 5.74) is 1.60. The van der Waals surface area contributed by atoms with Gasteiger partial charge in [0, 0.05) is 23.7 Å². The van der Waals surface area contributed by atoms with Gasteiger partial charge in [0.1, 0.15) is 5.82 Å². The summed E-state index contributed by atoms with van der Waals surface area (Å²) in [6.07, 6.45) is 2.38. The van der Waals surface area contributed by atoms with Crippen molar-refractivity contribution in [3.05, 3.63) is 41.7 Å². The molecule has 3 aromatic rings. The fourth-order valence-electron chi connectivity index (χ4n) is 2.42. The number of fused-ring (bicyclic) bond motifs is 1. The van der Waals surface area contributed by atoms with Gasteiger partial charge in [-0.15, -0.1) is 0 Å². The van der Waals surface area contributed by atoms with Gasteiger partial charge >= 0.3 is 5.97 Å². The standard InChI is InChI=1S/C16H14F2N4O2/c1-8-4-9-10(6-20-14(9)11(17)5-8)15-21-7-12(18)16(22-15)19-3-2-13(23)24/h4-7,20H,2-3H2,1H3,(H,23,24)(H,19,21,22). The van der Waals surface area contributed by atoms with E-state index in [4.69, 9.17) is 5.11 Å². The Kier molecular flexibility index (Phi) is 4.11. The lowest BCUT2D eigenvalue weighted by Gasteiger charge is -2.07. The molecule has 0 radical (unpaired) electrons. The number of aromatic amines is 1. The number of carboxylic acids is 1. The van der Waals surface area contributed by atoms with Crippen LogP contribution in [-0.2, 0) is 4.79 Å². The maximum absolute atomic E-state index is 14.0. The molecule has 3 N–H and O–H groups in total. The van der Waals surface area contributed by atoms with Gasteiger partial charge in [0.2, 0.25) is 0 Å². The van der Waals surface area contributed by atoms with Crippen LogP contribution in [0.3, 0.4) is 0 Å². The zero-order valence-corrected chi connectivity index (χ0v) is 12.7. The van der Waals surface area contributed by atoms with E-state index in [-0.39, 0.29) is 24.6 Å². The Morgan fingerprint density at radius 3 is 2.88 bits per heavy atom. The first-order valence-electron chi connectivity index (χ1n) is 7.21. The molecule has 2 aromatic heterocycles. The molecule has 1 aromatic carbocycles. The fourth-order valence-corrected chi connectivity index (χ4v) is 2.42. The first kappa shape index (κ1) is 15.9. The number of nitrogens with zero attached hydrogens (tertiary/aromatic N) is 2. The SMILES string of the molecule is Cc1cc(F)c2[nH]cc(-c3ncc(F)c(NCCC(=O)O)n3)c2c1. The second-order valence-electron chi connectivity index (χ2n) is 5.33. The molecule has 8 heteroatoms. The molecule has 3 rings (SSSR count). The molecule has 2 heterocycles. The number of hydrogen-bond donors (Lipinski definition) is 3. The third-order valence-electron chi connectivity index (χ3n) is 3.50. The van der Waals surface area contributed by atoms with Gasteiger partial charge in [-0.05, 0) is 24.6 Å². The van der Waals surface area contributed by atoms with Crippen LogP contribution < -0.4 is 5.32 Å². The Bertz CT molecular complexity index is 924.